The first-order valence-corrected chi connectivity index (χ1v) is 5.56. The van der Waals surface area contributed by atoms with Gasteiger partial charge in [-0.15, -0.1) is 0 Å². The maximum absolute atomic E-state index is 2.75. The van der Waals surface area contributed by atoms with E-state index in [2.05, 4.69) is 33.0 Å². The van der Waals surface area contributed by atoms with Gasteiger partial charge < -0.3 is 5.32 Å². The fraction of sp³-hybridized carbons (Fsp3) is 1.00. The van der Waals surface area contributed by atoms with Crippen LogP contribution < -0.4 is 5.32 Å². The summed E-state index contributed by atoms with van der Waals surface area (Å²) in [7, 11) is 3.75. The van der Waals surface area contributed by atoms with Gasteiger partial charge in [0.05, 0.1) is 0 Å². The summed E-state index contributed by atoms with van der Waals surface area (Å²) in [6, 6.07) is 0. The molecule has 0 aliphatic rings. The third-order valence-electron chi connectivity index (χ3n) is 1.06. The van der Waals surface area contributed by atoms with Crippen molar-refractivity contribution in [3.05, 3.63) is 0 Å². The first-order valence-electron chi connectivity index (χ1n) is 5.56. The highest BCUT2D eigenvalue weighted by Crippen LogP contribution is 2.16. The Kier molecular flexibility index (Phi) is 40.3. The minimum atomic E-state index is 0.542. The van der Waals surface area contributed by atoms with Crippen LogP contribution in [0.3, 0.4) is 0 Å². The van der Waals surface area contributed by atoms with Crippen LogP contribution in [0, 0.1) is 5.41 Å². The van der Waals surface area contributed by atoms with Gasteiger partial charge >= 0.3 is 0 Å². The molecule has 0 aliphatic heterocycles. The average Bonchev–Trinajstić information content (AvgIpc) is 2.12. The Morgan fingerprint density at radius 3 is 0.923 bits per heavy atom. The van der Waals surface area contributed by atoms with Crippen molar-refractivity contribution in [3.63, 3.8) is 0 Å². The molecule has 13 heavy (non-hydrogen) atoms. The second-order valence-electron chi connectivity index (χ2n) is 3.41. The topological polar surface area (TPSA) is 12.0 Å². The highest BCUT2D eigenvalue weighted by atomic mass is 14.7. The lowest BCUT2D eigenvalue weighted by atomic mass is 9.94. The zero-order valence-electron chi connectivity index (χ0n) is 11.7. The summed E-state index contributed by atoms with van der Waals surface area (Å²) in [5.41, 5.74) is 0.542. The van der Waals surface area contributed by atoms with Gasteiger partial charge in [-0.3, -0.25) is 0 Å². The summed E-state index contributed by atoms with van der Waals surface area (Å²) in [4.78, 5) is 0. The average molecular weight is 191 g/mol. The third-order valence-corrected chi connectivity index (χ3v) is 1.06. The molecule has 0 atom stereocenters. The fourth-order valence-corrected chi connectivity index (χ4v) is 0. The van der Waals surface area contributed by atoms with Gasteiger partial charge in [0.25, 0.3) is 0 Å². The Morgan fingerprint density at radius 2 is 0.923 bits per heavy atom. The van der Waals surface area contributed by atoms with E-state index in [0.29, 0.717) is 5.41 Å². The Morgan fingerprint density at radius 1 is 0.846 bits per heavy atom. The van der Waals surface area contributed by atoms with Gasteiger partial charge in [0.2, 0.25) is 0 Å². The molecule has 0 spiro atoms. The molecule has 0 saturated heterocycles. The Labute approximate surface area is 87.3 Å². The minimum Gasteiger partial charge on any atom is -0.323 e. The molecule has 1 nitrogen and oxygen atoms in total. The monoisotopic (exact) mass is 191 g/mol. The molecule has 0 unspecified atom stereocenters. The van der Waals surface area contributed by atoms with E-state index in [9.17, 15) is 0 Å². The van der Waals surface area contributed by atoms with Gasteiger partial charge in [-0.1, -0.05) is 61.8 Å². The van der Waals surface area contributed by atoms with E-state index in [1.54, 1.807) is 0 Å². The number of hydrogen-bond donors (Lipinski definition) is 1. The van der Waals surface area contributed by atoms with E-state index in [4.69, 9.17) is 0 Å². The van der Waals surface area contributed by atoms with Crippen molar-refractivity contribution in [1.29, 1.82) is 0 Å². The standard InChI is InChI=1S/C6H14.C2H7N.2C2H6/c1-5-6(2,3)4;1-3-2;2*1-2/h5H2,1-4H3;3H,1-2H3;2*1-2H3. The summed E-state index contributed by atoms with van der Waals surface area (Å²) < 4.78 is 0. The molecule has 0 aromatic rings. The van der Waals surface area contributed by atoms with Crippen LogP contribution >= 0.6 is 0 Å². The quantitative estimate of drug-likeness (QED) is 0.601. The van der Waals surface area contributed by atoms with Crippen LogP contribution in [0.15, 0.2) is 0 Å². The summed E-state index contributed by atoms with van der Waals surface area (Å²) in [6.07, 6.45) is 1.27. The molecule has 86 valence electrons. The molecular formula is C12H33N. The Balaban J connectivity index is -0.0000000493. The van der Waals surface area contributed by atoms with Gasteiger partial charge in [-0.05, 0) is 19.5 Å². The van der Waals surface area contributed by atoms with Crippen molar-refractivity contribution in [2.24, 2.45) is 5.41 Å². The number of nitrogens with one attached hydrogen (secondary N) is 1. The largest absolute Gasteiger partial charge is 0.323 e. The highest BCUT2D eigenvalue weighted by molar-refractivity contribution is 4.55. The fourth-order valence-electron chi connectivity index (χ4n) is 0. The predicted molar refractivity (Wildman–Crippen MR) is 67.4 cm³/mol. The van der Waals surface area contributed by atoms with E-state index >= 15 is 0 Å². The number of rotatable bonds is 0. The van der Waals surface area contributed by atoms with Crippen LogP contribution in [0.5, 0.6) is 0 Å². The van der Waals surface area contributed by atoms with Crippen molar-refractivity contribution >= 4 is 0 Å². The third kappa shape index (κ3) is 135. The lowest BCUT2D eigenvalue weighted by Crippen LogP contribution is -2.00. The molecule has 0 aliphatic carbocycles. The van der Waals surface area contributed by atoms with Crippen molar-refractivity contribution in [2.75, 3.05) is 14.1 Å². The van der Waals surface area contributed by atoms with Crippen LogP contribution in [0.25, 0.3) is 0 Å². The second-order valence-corrected chi connectivity index (χ2v) is 3.41. The Bertz CT molecular complexity index is 43.6. The van der Waals surface area contributed by atoms with Gasteiger partial charge in [-0.25, -0.2) is 0 Å². The van der Waals surface area contributed by atoms with Crippen molar-refractivity contribution in [3.8, 4) is 0 Å². The van der Waals surface area contributed by atoms with Gasteiger partial charge in [0, 0.05) is 0 Å². The molecule has 1 N–H and O–H groups in total. The minimum absolute atomic E-state index is 0.542. The summed E-state index contributed by atoms with van der Waals surface area (Å²) in [5.74, 6) is 0. The molecule has 0 heterocycles. The summed E-state index contributed by atoms with van der Waals surface area (Å²) in [6.45, 7) is 16.9. The summed E-state index contributed by atoms with van der Waals surface area (Å²) >= 11 is 0. The molecule has 0 saturated carbocycles. The molecule has 0 rings (SSSR count). The highest BCUT2D eigenvalue weighted by Gasteiger charge is 2.03. The lowest BCUT2D eigenvalue weighted by molar-refractivity contribution is 0.398. The zero-order valence-corrected chi connectivity index (χ0v) is 11.7. The Hall–Kier alpha value is -0.0400. The van der Waals surface area contributed by atoms with Crippen LogP contribution in [0.4, 0.5) is 0 Å². The second kappa shape index (κ2) is 22.7. The van der Waals surface area contributed by atoms with Crippen molar-refractivity contribution < 1.29 is 0 Å². The van der Waals surface area contributed by atoms with Crippen LogP contribution in [0.1, 0.15) is 61.8 Å². The van der Waals surface area contributed by atoms with E-state index in [1.165, 1.54) is 6.42 Å². The molecule has 0 aromatic carbocycles. The summed E-state index contributed by atoms with van der Waals surface area (Å²) in [5, 5.41) is 2.75. The van der Waals surface area contributed by atoms with E-state index in [-0.39, 0.29) is 0 Å². The van der Waals surface area contributed by atoms with Gasteiger partial charge in [0.15, 0.2) is 0 Å². The first-order chi connectivity index (χ1) is 5.97. The van der Waals surface area contributed by atoms with Crippen LogP contribution in [0.2, 0.25) is 0 Å². The van der Waals surface area contributed by atoms with E-state index in [1.807, 2.05) is 41.8 Å². The number of hydrogen-bond acceptors (Lipinski definition) is 1. The molecule has 0 bridgehead atoms. The zero-order chi connectivity index (χ0) is 11.9. The first kappa shape index (κ1) is 23.1. The predicted octanol–water partition coefficient (Wildman–Crippen LogP) is 4.33. The van der Waals surface area contributed by atoms with Crippen LogP contribution in [-0.2, 0) is 0 Å². The molecular weight excluding hydrogens is 158 g/mol. The van der Waals surface area contributed by atoms with Gasteiger partial charge in [0.1, 0.15) is 0 Å². The molecule has 0 fully saturated rings. The van der Waals surface area contributed by atoms with E-state index < -0.39 is 0 Å². The molecule has 1 heteroatoms. The van der Waals surface area contributed by atoms with Crippen molar-refractivity contribution in [2.45, 2.75) is 61.8 Å². The van der Waals surface area contributed by atoms with Crippen molar-refractivity contribution in [1.82, 2.24) is 5.32 Å². The van der Waals surface area contributed by atoms with Gasteiger partial charge in [-0.2, -0.15) is 0 Å². The SMILES string of the molecule is CC.CC.CCC(C)(C)C.CNC. The smallest absolute Gasteiger partial charge is 0.0167 e. The molecule has 0 radical (unpaired) electrons. The molecule has 0 aromatic heterocycles. The van der Waals surface area contributed by atoms with E-state index in [0.717, 1.165) is 0 Å². The van der Waals surface area contributed by atoms with Crippen LogP contribution in [-0.4, -0.2) is 14.1 Å². The maximum atomic E-state index is 2.75. The normalized spacial score (nSPS) is 7.85. The lowest BCUT2D eigenvalue weighted by Gasteiger charge is -2.12. The maximum Gasteiger partial charge on any atom is -0.0167 e. The molecule has 0 amide bonds.